The van der Waals surface area contributed by atoms with Gasteiger partial charge in [-0.05, 0) is 44.2 Å². The quantitative estimate of drug-likeness (QED) is 0.791. The second-order valence-electron chi connectivity index (χ2n) is 3.62. The van der Waals surface area contributed by atoms with Crippen LogP contribution >= 0.6 is 24.0 Å². The number of rotatable bonds is 2. The zero-order valence-electron chi connectivity index (χ0n) is 8.14. The molecular formula is C8H14N4S2. The van der Waals surface area contributed by atoms with Crippen LogP contribution in [0, 0.1) is 4.77 Å². The molecule has 0 spiro atoms. The largest absolute Gasteiger partial charge is 0.239 e. The van der Waals surface area contributed by atoms with Crippen LogP contribution in [0.15, 0.2) is 0 Å². The van der Waals surface area contributed by atoms with Crippen molar-refractivity contribution in [3.05, 3.63) is 4.77 Å². The van der Waals surface area contributed by atoms with Crippen molar-refractivity contribution in [2.75, 3.05) is 6.26 Å². The first-order chi connectivity index (χ1) is 6.81. The third-order valence-corrected chi connectivity index (χ3v) is 4.25. The Bertz CT molecular complexity index is 337. The summed E-state index contributed by atoms with van der Waals surface area (Å²) < 4.78 is 2.50. The third-order valence-electron chi connectivity index (χ3n) is 2.84. The van der Waals surface area contributed by atoms with Crippen molar-refractivity contribution in [3.63, 3.8) is 0 Å². The first-order valence-electron chi connectivity index (χ1n) is 4.83. The number of H-pyrrole nitrogens is 1. The molecule has 0 amide bonds. The zero-order chi connectivity index (χ0) is 9.97. The van der Waals surface area contributed by atoms with E-state index < -0.39 is 0 Å². The first kappa shape index (κ1) is 10.2. The van der Waals surface area contributed by atoms with Crippen molar-refractivity contribution in [2.24, 2.45) is 0 Å². The summed E-state index contributed by atoms with van der Waals surface area (Å²) in [6, 6.07) is 0.487. The Morgan fingerprint density at radius 1 is 1.43 bits per heavy atom. The highest BCUT2D eigenvalue weighted by Gasteiger charge is 2.22. The van der Waals surface area contributed by atoms with E-state index in [9.17, 15) is 0 Å². The Kier molecular flexibility index (Phi) is 3.22. The first-order valence-corrected chi connectivity index (χ1v) is 6.53. The van der Waals surface area contributed by atoms with E-state index in [1.807, 2.05) is 16.4 Å². The van der Waals surface area contributed by atoms with Gasteiger partial charge in [-0.15, -0.1) is 0 Å². The molecule has 0 unspecified atom stereocenters. The average molecular weight is 230 g/mol. The molecular weight excluding hydrogens is 216 g/mol. The Balaban J connectivity index is 2.02. The molecule has 4 nitrogen and oxygen atoms in total. The second-order valence-corrected chi connectivity index (χ2v) is 5.12. The van der Waals surface area contributed by atoms with E-state index in [1.54, 1.807) is 0 Å². The predicted octanol–water partition coefficient (Wildman–Crippen LogP) is 2.18. The highest BCUT2D eigenvalue weighted by atomic mass is 32.2. The summed E-state index contributed by atoms with van der Waals surface area (Å²) in [7, 11) is 0. The molecule has 0 aliphatic heterocycles. The number of nitrogens with one attached hydrogen (secondary N) is 1. The maximum atomic E-state index is 5.08. The monoisotopic (exact) mass is 230 g/mol. The predicted molar refractivity (Wildman–Crippen MR) is 60.0 cm³/mol. The van der Waals surface area contributed by atoms with E-state index in [2.05, 4.69) is 21.8 Å². The summed E-state index contributed by atoms with van der Waals surface area (Å²) in [5.41, 5.74) is 0. The molecule has 2 rings (SSSR count). The fourth-order valence-electron chi connectivity index (χ4n) is 1.98. The van der Waals surface area contributed by atoms with Crippen LogP contribution in [0.2, 0.25) is 0 Å². The number of hydrogen-bond donors (Lipinski definition) is 1. The maximum absolute atomic E-state index is 5.08. The van der Waals surface area contributed by atoms with Crippen LogP contribution in [0.4, 0.5) is 0 Å². The summed E-state index contributed by atoms with van der Waals surface area (Å²) in [4.78, 5) is 0. The van der Waals surface area contributed by atoms with Gasteiger partial charge in [-0.3, -0.25) is 0 Å². The van der Waals surface area contributed by atoms with Crippen LogP contribution in [0.3, 0.4) is 0 Å². The van der Waals surface area contributed by atoms with Crippen LogP contribution in [0.1, 0.15) is 31.7 Å². The van der Waals surface area contributed by atoms with E-state index in [-0.39, 0.29) is 0 Å². The van der Waals surface area contributed by atoms with Crippen molar-refractivity contribution < 1.29 is 0 Å². The Labute approximate surface area is 92.4 Å². The fraction of sp³-hybridized carbons (Fsp3) is 0.875. The number of tetrazole rings is 1. The lowest BCUT2D eigenvalue weighted by molar-refractivity contribution is 0.327. The Morgan fingerprint density at radius 2 is 2.14 bits per heavy atom. The molecule has 0 aromatic carbocycles. The molecule has 0 atom stereocenters. The molecule has 1 saturated carbocycles. The van der Waals surface area contributed by atoms with E-state index in [4.69, 9.17) is 12.2 Å². The van der Waals surface area contributed by atoms with Gasteiger partial charge >= 0.3 is 0 Å². The lowest BCUT2D eigenvalue weighted by Crippen LogP contribution is -2.20. The van der Waals surface area contributed by atoms with Crippen molar-refractivity contribution in [3.8, 4) is 0 Å². The molecule has 0 saturated heterocycles. The highest BCUT2D eigenvalue weighted by molar-refractivity contribution is 7.99. The smallest absolute Gasteiger partial charge is 0.238 e. The normalized spacial score (nSPS) is 27.8. The molecule has 1 aromatic rings. The van der Waals surface area contributed by atoms with Crippen LogP contribution in [-0.2, 0) is 0 Å². The van der Waals surface area contributed by atoms with Gasteiger partial charge < -0.3 is 0 Å². The van der Waals surface area contributed by atoms with Crippen LogP contribution < -0.4 is 0 Å². The topological polar surface area (TPSA) is 46.5 Å². The van der Waals surface area contributed by atoms with Crippen LogP contribution in [-0.4, -0.2) is 31.7 Å². The van der Waals surface area contributed by atoms with Crippen LogP contribution in [0.25, 0.3) is 0 Å². The lowest BCUT2D eigenvalue weighted by atomic mass is 9.95. The molecule has 1 N–H and O–H groups in total. The van der Waals surface area contributed by atoms with Crippen molar-refractivity contribution in [2.45, 2.75) is 37.0 Å². The Morgan fingerprint density at radius 3 is 2.64 bits per heavy atom. The van der Waals surface area contributed by atoms with E-state index in [0.717, 1.165) is 5.25 Å². The van der Waals surface area contributed by atoms with Gasteiger partial charge in [-0.2, -0.15) is 17.0 Å². The van der Waals surface area contributed by atoms with E-state index in [0.29, 0.717) is 10.8 Å². The van der Waals surface area contributed by atoms with Crippen LogP contribution in [0.5, 0.6) is 0 Å². The summed E-state index contributed by atoms with van der Waals surface area (Å²) in [5.74, 6) is 0. The van der Waals surface area contributed by atoms with E-state index >= 15 is 0 Å². The van der Waals surface area contributed by atoms with Crippen molar-refractivity contribution in [1.82, 2.24) is 20.2 Å². The third kappa shape index (κ3) is 2.00. The molecule has 14 heavy (non-hydrogen) atoms. The number of thioether (sulfide) groups is 1. The molecule has 1 fully saturated rings. The van der Waals surface area contributed by atoms with Gasteiger partial charge in [0.1, 0.15) is 0 Å². The maximum Gasteiger partial charge on any atom is 0.238 e. The van der Waals surface area contributed by atoms with E-state index in [1.165, 1.54) is 25.7 Å². The molecule has 1 aromatic heterocycles. The summed E-state index contributed by atoms with van der Waals surface area (Å²) in [6.07, 6.45) is 7.10. The fourth-order valence-corrected chi connectivity index (χ4v) is 2.96. The van der Waals surface area contributed by atoms with Gasteiger partial charge in [0.25, 0.3) is 0 Å². The van der Waals surface area contributed by atoms with Gasteiger partial charge in [0.15, 0.2) is 0 Å². The second kappa shape index (κ2) is 4.44. The number of nitrogens with zero attached hydrogens (tertiary/aromatic N) is 3. The van der Waals surface area contributed by atoms with Gasteiger partial charge in [-0.1, -0.05) is 10.3 Å². The number of aromatic nitrogens is 4. The van der Waals surface area contributed by atoms with Gasteiger partial charge in [0, 0.05) is 5.25 Å². The minimum absolute atomic E-state index is 0.487. The summed E-state index contributed by atoms with van der Waals surface area (Å²) in [6.45, 7) is 0. The molecule has 1 aliphatic carbocycles. The molecule has 1 aliphatic rings. The highest BCUT2D eigenvalue weighted by Crippen LogP contribution is 2.32. The minimum atomic E-state index is 0.487. The standard InChI is InChI=1S/C8H14N4S2/c1-14-7-4-2-6(3-5-7)12-8(13)9-10-11-12/h6-7H,2-5H2,1H3,(H,9,11,13). The Hall–Kier alpha value is -0.360. The SMILES string of the molecule is CSC1CCC(n2[nH]nnc2=S)CC1. The summed E-state index contributed by atoms with van der Waals surface area (Å²) in [5, 5.41) is 11.2. The van der Waals surface area contributed by atoms with Gasteiger partial charge in [0.2, 0.25) is 4.77 Å². The average Bonchev–Trinajstić information content (AvgIpc) is 2.65. The van der Waals surface area contributed by atoms with Gasteiger partial charge in [-0.25, -0.2) is 4.68 Å². The molecule has 0 bridgehead atoms. The number of aromatic amines is 1. The minimum Gasteiger partial charge on any atom is -0.239 e. The summed E-state index contributed by atoms with van der Waals surface area (Å²) >= 11 is 7.05. The molecule has 78 valence electrons. The number of hydrogen-bond acceptors (Lipinski definition) is 4. The van der Waals surface area contributed by atoms with Gasteiger partial charge in [0.05, 0.1) is 6.04 Å². The molecule has 1 heterocycles. The zero-order valence-corrected chi connectivity index (χ0v) is 9.77. The van der Waals surface area contributed by atoms with Crippen molar-refractivity contribution in [1.29, 1.82) is 0 Å². The van der Waals surface area contributed by atoms with Crippen molar-refractivity contribution >= 4 is 24.0 Å². The lowest BCUT2D eigenvalue weighted by Gasteiger charge is -2.27. The molecule has 6 heteroatoms. The molecule has 0 radical (unpaired) electrons.